The lowest BCUT2D eigenvalue weighted by Gasteiger charge is -2.38. The van der Waals surface area contributed by atoms with Crippen molar-refractivity contribution in [2.75, 3.05) is 18.6 Å². The van der Waals surface area contributed by atoms with E-state index >= 15 is 0 Å². The molecule has 3 aromatic carbocycles. The number of rotatable bonds is 7. The van der Waals surface area contributed by atoms with Crippen LogP contribution in [0, 0.1) is 5.82 Å². The number of anilines is 1. The fourth-order valence-corrected chi connectivity index (χ4v) is 3.69. The monoisotopic (exact) mass is 420 g/mol. The number of amides is 1. The molecule has 0 spiro atoms. The molecule has 1 amide bonds. The summed E-state index contributed by atoms with van der Waals surface area (Å²) in [5, 5.41) is 2.99. The molecule has 1 N–H and O–H groups in total. The summed E-state index contributed by atoms with van der Waals surface area (Å²) >= 11 is 0. The minimum Gasteiger partial charge on any atom is -0.497 e. The van der Waals surface area contributed by atoms with E-state index in [0.717, 1.165) is 28.3 Å². The minimum atomic E-state index is -0.263. The average molecular weight is 420 g/mol. The Morgan fingerprint density at radius 2 is 1.77 bits per heavy atom. The van der Waals surface area contributed by atoms with Crippen molar-refractivity contribution < 1.29 is 18.7 Å². The highest BCUT2D eigenvalue weighted by molar-refractivity contribution is 5.77. The molecular formula is C25H25FN2O3. The third-order valence-electron chi connectivity index (χ3n) is 5.38. The summed E-state index contributed by atoms with van der Waals surface area (Å²) in [6, 6.07) is 21.7. The maximum atomic E-state index is 13.3. The summed E-state index contributed by atoms with van der Waals surface area (Å²) < 4.78 is 24.4. The molecule has 4 rings (SSSR count). The van der Waals surface area contributed by atoms with Gasteiger partial charge in [0.1, 0.15) is 23.9 Å². The molecule has 0 bridgehead atoms. The van der Waals surface area contributed by atoms with Gasteiger partial charge in [-0.25, -0.2) is 4.39 Å². The average Bonchev–Trinajstić information content (AvgIpc) is 2.81. The Kier molecular flexibility index (Phi) is 6.36. The summed E-state index contributed by atoms with van der Waals surface area (Å²) in [6.45, 7) is 1.43. The standard InChI is InChI=1S/C25H25FN2O3/c1-30-22-12-8-18(9-13-22)15-27-25(29)14-21-17-31-24-5-3-2-4-23(24)28(21)16-19-6-10-20(26)11-7-19/h2-13,21H,14-17H2,1H3,(H,27,29). The number of para-hydroxylation sites is 2. The smallest absolute Gasteiger partial charge is 0.222 e. The highest BCUT2D eigenvalue weighted by Crippen LogP contribution is 2.35. The topological polar surface area (TPSA) is 50.8 Å². The zero-order valence-corrected chi connectivity index (χ0v) is 17.4. The second-order valence-electron chi connectivity index (χ2n) is 7.52. The van der Waals surface area contributed by atoms with Gasteiger partial charge in [0.05, 0.1) is 25.3 Å². The molecule has 160 valence electrons. The van der Waals surface area contributed by atoms with Gasteiger partial charge in [-0.2, -0.15) is 0 Å². The van der Waals surface area contributed by atoms with Crippen LogP contribution in [0.15, 0.2) is 72.8 Å². The molecule has 1 atom stereocenters. The number of halogens is 1. The number of benzene rings is 3. The lowest BCUT2D eigenvalue weighted by atomic mass is 10.1. The lowest BCUT2D eigenvalue weighted by Crippen LogP contribution is -2.45. The Hall–Kier alpha value is -3.54. The van der Waals surface area contributed by atoms with Crippen LogP contribution in [0.3, 0.4) is 0 Å². The maximum Gasteiger partial charge on any atom is 0.222 e. The molecule has 0 aliphatic carbocycles. The van der Waals surface area contributed by atoms with E-state index in [1.807, 2.05) is 48.5 Å². The van der Waals surface area contributed by atoms with Crippen LogP contribution in [0.4, 0.5) is 10.1 Å². The van der Waals surface area contributed by atoms with Crippen molar-refractivity contribution in [1.29, 1.82) is 0 Å². The van der Waals surface area contributed by atoms with Crippen LogP contribution in [0.25, 0.3) is 0 Å². The number of hydrogen-bond acceptors (Lipinski definition) is 4. The molecule has 0 fully saturated rings. The summed E-state index contributed by atoms with van der Waals surface area (Å²) in [5.41, 5.74) is 2.91. The van der Waals surface area contributed by atoms with Crippen LogP contribution >= 0.6 is 0 Å². The second kappa shape index (κ2) is 9.51. The highest BCUT2D eigenvalue weighted by Gasteiger charge is 2.29. The van der Waals surface area contributed by atoms with Crippen molar-refractivity contribution in [2.45, 2.75) is 25.6 Å². The quantitative estimate of drug-likeness (QED) is 0.619. The number of nitrogens with zero attached hydrogens (tertiary/aromatic N) is 1. The molecule has 0 saturated carbocycles. The van der Waals surface area contributed by atoms with Crippen molar-refractivity contribution in [3.63, 3.8) is 0 Å². The predicted molar refractivity (Wildman–Crippen MR) is 118 cm³/mol. The van der Waals surface area contributed by atoms with Gasteiger partial charge in [-0.1, -0.05) is 36.4 Å². The Morgan fingerprint density at radius 1 is 1.06 bits per heavy atom. The highest BCUT2D eigenvalue weighted by atomic mass is 19.1. The van der Waals surface area contributed by atoms with E-state index in [-0.39, 0.29) is 17.8 Å². The van der Waals surface area contributed by atoms with Crippen molar-refractivity contribution >= 4 is 11.6 Å². The molecule has 31 heavy (non-hydrogen) atoms. The van der Waals surface area contributed by atoms with Gasteiger partial charge in [-0.05, 0) is 47.5 Å². The zero-order chi connectivity index (χ0) is 21.6. The fourth-order valence-electron chi connectivity index (χ4n) is 3.69. The van der Waals surface area contributed by atoms with Crippen molar-refractivity contribution in [3.05, 3.63) is 89.7 Å². The van der Waals surface area contributed by atoms with Gasteiger partial charge in [-0.3, -0.25) is 4.79 Å². The Labute approximate surface area is 181 Å². The molecule has 0 aromatic heterocycles. The van der Waals surface area contributed by atoms with Crippen LogP contribution in [0.5, 0.6) is 11.5 Å². The number of hydrogen-bond donors (Lipinski definition) is 1. The number of carbonyl (C=O) groups excluding carboxylic acids is 1. The van der Waals surface area contributed by atoms with E-state index in [2.05, 4.69) is 10.2 Å². The van der Waals surface area contributed by atoms with Gasteiger partial charge >= 0.3 is 0 Å². The molecule has 1 aliphatic rings. The maximum absolute atomic E-state index is 13.3. The first-order valence-electron chi connectivity index (χ1n) is 10.2. The molecule has 1 unspecified atom stereocenters. The van der Waals surface area contributed by atoms with E-state index in [9.17, 15) is 9.18 Å². The Balaban J connectivity index is 1.44. The van der Waals surface area contributed by atoms with Gasteiger partial charge in [0.2, 0.25) is 5.91 Å². The molecule has 1 heterocycles. The van der Waals surface area contributed by atoms with Crippen LogP contribution < -0.4 is 19.7 Å². The molecule has 1 aliphatic heterocycles. The van der Waals surface area contributed by atoms with Crippen molar-refractivity contribution in [2.24, 2.45) is 0 Å². The fraction of sp³-hybridized carbons (Fsp3) is 0.240. The number of carbonyl (C=O) groups is 1. The van der Waals surface area contributed by atoms with Crippen molar-refractivity contribution in [1.82, 2.24) is 5.32 Å². The number of ether oxygens (including phenoxy) is 2. The first kappa shape index (κ1) is 20.7. The summed E-state index contributed by atoms with van der Waals surface area (Å²) in [6.07, 6.45) is 0.297. The molecule has 0 radical (unpaired) electrons. The second-order valence-corrected chi connectivity index (χ2v) is 7.52. The largest absolute Gasteiger partial charge is 0.497 e. The van der Waals surface area contributed by atoms with Crippen LogP contribution in [0.2, 0.25) is 0 Å². The van der Waals surface area contributed by atoms with E-state index in [1.54, 1.807) is 19.2 Å². The first-order valence-corrected chi connectivity index (χ1v) is 10.2. The van der Waals surface area contributed by atoms with Crippen LogP contribution in [0.1, 0.15) is 17.5 Å². The molecule has 0 saturated heterocycles. The predicted octanol–water partition coefficient (Wildman–Crippen LogP) is 4.31. The normalized spacial score (nSPS) is 15.0. The molecule has 5 nitrogen and oxygen atoms in total. The van der Waals surface area contributed by atoms with Gasteiger partial charge in [0, 0.05) is 13.1 Å². The SMILES string of the molecule is COc1ccc(CNC(=O)CC2COc3ccccc3N2Cc2ccc(F)cc2)cc1. The minimum absolute atomic E-state index is 0.0482. The van der Waals surface area contributed by atoms with Gasteiger partial charge < -0.3 is 19.7 Å². The first-order chi connectivity index (χ1) is 15.1. The molecular weight excluding hydrogens is 395 g/mol. The summed E-state index contributed by atoms with van der Waals surface area (Å²) in [7, 11) is 1.62. The molecule has 3 aromatic rings. The van der Waals surface area contributed by atoms with E-state index in [0.29, 0.717) is 26.1 Å². The number of nitrogens with one attached hydrogen (secondary N) is 1. The van der Waals surface area contributed by atoms with Crippen LogP contribution in [-0.2, 0) is 17.9 Å². The van der Waals surface area contributed by atoms with E-state index < -0.39 is 0 Å². The van der Waals surface area contributed by atoms with E-state index in [4.69, 9.17) is 9.47 Å². The van der Waals surface area contributed by atoms with Crippen molar-refractivity contribution in [3.8, 4) is 11.5 Å². The Morgan fingerprint density at radius 3 is 2.52 bits per heavy atom. The summed E-state index contributed by atoms with van der Waals surface area (Å²) in [5.74, 6) is 1.26. The van der Waals surface area contributed by atoms with Gasteiger partial charge in [0.15, 0.2) is 0 Å². The summed E-state index contributed by atoms with van der Waals surface area (Å²) in [4.78, 5) is 14.9. The zero-order valence-electron chi connectivity index (χ0n) is 17.4. The van der Waals surface area contributed by atoms with E-state index in [1.165, 1.54) is 12.1 Å². The van der Waals surface area contributed by atoms with Gasteiger partial charge in [-0.15, -0.1) is 0 Å². The van der Waals surface area contributed by atoms with Crippen LogP contribution in [-0.4, -0.2) is 25.7 Å². The number of methoxy groups -OCH3 is 1. The van der Waals surface area contributed by atoms with Gasteiger partial charge in [0.25, 0.3) is 0 Å². The lowest BCUT2D eigenvalue weighted by molar-refractivity contribution is -0.121. The Bertz CT molecular complexity index is 1020. The third kappa shape index (κ3) is 5.15. The molecule has 6 heteroatoms. The number of fused-ring (bicyclic) bond motifs is 1. The third-order valence-corrected chi connectivity index (χ3v) is 5.38.